The number of carbonyl (C=O) groups is 1. The van der Waals surface area contributed by atoms with E-state index in [2.05, 4.69) is 26.9 Å². The zero-order valence-corrected chi connectivity index (χ0v) is 17.0. The molecule has 0 aromatic carbocycles. The Bertz CT molecular complexity index is 929. The molecule has 0 atom stereocenters. The number of piperidine rings is 1. The van der Waals surface area contributed by atoms with Crippen LogP contribution in [0.3, 0.4) is 0 Å². The van der Waals surface area contributed by atoms with Crippen molar-refractivity contribution in [2.75, 3.05) is 26.7 Å². The van der Waals surface area contributed by atoms with Crippen LogP contribution in [0.4, 0.5) is 0 Å². The Morgan fingerprint density at radius 2 is 2.04 bits per heavy atom. The van der Waals surface area contributed by atoms with Gasteiger partial charge in [-0.25, -0.2) is 9.67 Å². The standard InChI is InChI=1S/C20H24N6OS/c1-3-25-10-6-16(7-11-25)24(2)20(27)18-14-28-19(23-18)15-12-22-26(13-15)17-4-8-21-9-5-17/h4-5,8-9,12-14,16H,3,6-7,10-11H2,1-2H3. The lowest BCUT2D eigenvalue weighted by Gasteiger charge is -2.36. The van der Waals surface area contributed by atoms with Crippen LogP contribution >= 0.6 is 11.3 Å². The maximum absolute atomic E-state index is 12.9. The number of aromatic nitrogens is 4. The molecule has 1 aliphatic heterocycles. The molecule has 7 nitrogen and oxygen atoms in total. The molecule has 0 spiro atoms. The molecule has 0 bridgehead atoms. The van der Waals surface area contributed by atoms with Gasteiger partial charge in [-0.1, -0.05) is 6.92 Å². The third-order valence-electron chi connectivity index (χ3n) is 5.35. The molecular formula is C20H24N6OS. The first-order valence-corrected chi connectivity index (χ1v) is 10.4. The van der Waals surface area contributed by atoms with Crippen LogP contribution in [0.15, 0.2) is 42.3 Å². The Hall–Kier alpha value is -2.58. The van der Waals surface area contributed by atoms with E-state index < -0.39 is 0 Å². The second kappa shape index (κ2) is 8.20. The Kier molecular flexibility index (Phi) is 5.50. The predicted molar refractivity (Wildman–Crippen MR) is 110 cm³/mol. The van der Waals surface area contributed by atoms with Crippen LogP contribution in [0.5, 0.6) is 0 Å². The first kappa shape index (κ1) is 18.8. The van der Waals surface area contributed by atoms with Crippen molar-refractivity contribution in [3.05, 3.63) is 48.0 Å². The van der Waals surface area contributed by atoms with E-state index in [1.165, 1.54) is 11.3 Å². The topological polar surface area (TPSA) is 67.2 Å². The van der Waals surface area contributed by atoms with Gasteiger partial charge in [0.15, 0.2) is 0 Å². The molecule has 0 aliphatic carbocycles. The molecule has 1 saturated heterocycles. The molecule has 1 aliphatic rings. The maximum Gasteiger partial charge on any atom is 0.273 e. The van der Waals surface area contributed by atoms with Crippen LogP contribution in [0, 0.1) is 0 Å². The SMILES string of the molecule is CCN1CCC(N(C)C(=O)c2csc(-c3cnn(-c4ccncc4)c3)n2)CC1. The van der Waals surface area contributed by atoms with Gasteiger partial charge in [-0.15, -0.1) is 11.3 Å². The molecule has 8 heteroatoms. The van der Waals surface area contributed by atoms with Gasteiger partial charge in [0, 0.05) is 55.7 Å². The van der Waals surface area contributed by atoms with Crippen molar-refractivity contribution in [2.24, 2.45) is 0 Å². The fraction of sp³-hybridized carbons (Fsp3) is 0.400. The van der Waals surface area contributed by atoms with Crippen molar-refractivity contribution in [2.45, 2.75) is 25.8 Å². The second-order valence-corrected chi connectivity index (χ2v) is 7.86. The van der Waals surface area contributed by atoms with Gasteiger partial charge in [0.05, 0.1) is 11.9 Å². The number of nitrogens with zero attached hydrogens (tertiary/aromatic N) is 6. The van der Waals surface area contributed by atoms with Gasteiger partial charge in [0.1, 0.15) is 10.7 Å². The summed E-state index contributed by atoms with van der Waals surface area (Å²) in [5.41, 5.74) is 2.35. The normalized spacial score (nSPS) is 15.6. The fourth-order valence-electron chi connectivity index (χ4n) is 3.55. The molecule has 3 aromatic rings. The minimum atomic E-state index is -0.000950. The van der Waals surface area contributed by atoms with E-state index in [1.54, 1.807) is 23.3 Å². The minimum absolute atomic E-state index is 0.000950. The van der Waals surface area contributed by atoms with Gasteiger partial charge in [-0.3, -0.25) is 9.78 Å². The number of hydrogen-bond acceptors (Lipinski definition) is 6. The van der Waals surface area contributed by atoms with E-state index in [-0.39, 0.29) is 11.9 Å². The van der Waals surface area contributed by atoms with Gasteiger partial charge in [-0.05, 0) is 31.5 Å². The average Bonchev–Trinajstić information content (AvgIpc) is 3.43. The molecule has 3 aromatic heterocycles. The summed E-state index contributed by atoms with van der Waals surface area (Å²) in [6.07, 6.45) is 9.21. The van der Waals surface area contributed by atoms with Gasteiger partial charge in [0.25, 0.3) is 5.91 Å². The fourth-order valence-corrected chi connectivity index (χ4v) is 4.31. The Morgan fingerprint density at radius 1 is 1.29 bits per heavy atom. The summed E-state index contributed by atoms with van der Waals surface area (Å²) in [5, 5.41) is 7.05. The van der Waals surface area contributed by atoms with Crippen molar-refractivity contribution in [1.29, 1.82) is 0 Å². The van der Waals surface area contributed by atoms with Crippen molar-refractivity contribution >= 4 is 17.2 Å². The van der Waals surface area contributed by atoms with E-state index >= 15 is 0 Å². The summed E-state index contributed by atoms with van der Waals surface area (Å²) in [7, 11) is 1.90. The molecule has 1 amide bonds. The monoisotopic (exact) mass is 396 g/mol. The van der Waals surface area contributed by atoms with E-state index in [4.69, 9.17) is 0 Å². The van der Waals surface area contributed by atoms with Crippen LogP contribution in [-0.4, -0.2) is 68.2 Å². The van der Waals surface area contributed by atoms with E-state index in [9.17, 15) is 4.79 Å². The molecule has 4 heterocycles. The van der Waals surface area contributed by atoms with E-state index in [0.29, 0.717) is 5.69 Å². The summed E-state index contributed by atoms with van der Waals surface area (Å²) in [5.74, 6) is -0.000950. The van der Waals surface area contributed by atoms with Gasteiger partial charge in [0.2, 0.25) is 0 Å². The van der Waals surface area contributed by atoms with Crippen LogP contribution in [0.1, 0.15) is 30.3 Å². The molecule has 0 saturated carbocycles. The number of amides is 1. The third kappa shape index (κ3) is 3.83. The Labute approximate surface area is 168 Å². The van der Waals surface area contributed by atoms with E-state index in [0.717, 1.165) is 48.7 Å². The lowest BCUT2D eigenvalue weighted by Crippen LogP contribution is -2.45. The zero-order valence-electron chi connectivity index (χ0n) is 16.2. The van der Waals surface area contributed by atoms with Gasteiger partial charge < -0.3 is 9.80 Å². The van der Waals surface area contributed by atoms with Crippen LogP contribution in [0.2, 0.25) is 0 Å². The average molecular weight is 397 g/mol. The molecule has 4 rings (SSSR count). The summed E-state index contributed by atoms with van der Waals surface area (Å²) in [4.78, 5) is 25.8. The van der Waals surface area contributed by atoms with Gasteiger partial charge >= 0.3 is 0 Å². The lowest BCUT2D eigenvalue weighted by atomic mass is 10.0. The molecule has 1 fully saturated rings. The highest BCUT2D eigenvalue weighted by molar-refractivity contribution is 7.13. The van der Waals surface area contributed by atoms with Crippen LogP contribution in [-0.2, 0) is 0 Å². The highest BCUT2D eigenvalue weighted by Crippen LogP contribution is 2.25. The first-order chi connectivity index (χ1) is 13.7. The summed E-state index contributed by atoms with van der Waals surface area (Å²) in [6.45, 7) is 5.36. The molecule has 0 unspecified atom stereocenters. The molecule has 146 valence electrons. The van der Waals surface area contributed by atoms with E-state index in [1.807, 2.05) is 35.7 Å². The second-order valence-electron chi connectivity index (χ2n) is 7.00. The van der Waals surface area contributed by atoms with Crippen molar-refractivity contribution in [1.82, 2.24) is 29.5 Å². The zero-order chi connectivity index (χ0) is 19.5. The summed E-state index contributed by atoms with van der Waals surface area (Å²) < 4.78 is 1.79. The predicted octanol–water partition coefficient (Wildman–Crippen LogP) is 2.95. The van der Waals surface area contributed by atoms with Crippen LogP contribution < -0.4 is 0 Å². The van der Waals surface area contributed by atoms with Crippen molar-refractivity contribution < 1.29 is 4.79 Å². The minimum Gasteiger partial charge on any atom is -0.337 e. The molecule has 0 N–H and O–H groups in total. The highest BCUT2D eigenvalue weighted by atomic mass is 32.1. The highest BCUT2D eigenvalue weighted by Gasteiger charge is 2.26. The van der Waals surface area contributed by atoms with Gasteiger partial charge in [-0.2, -0.15) is 5.10 Å². The first-order valence-electron chi connectivity index (χ1n) is 9.56. The van der Waals surface area contributed by atoms with Crippen LogP contribution in [0.25, 0.3) is 16.3 Å². The molecular weight excluding hydrogens is 372 g/mol. The van der Waals surface area contributed by atoms with Crippen molar-refractivity contribution in [3.63, 3.8) is 0 Å². The largest absolute Gasteiger partial charge is 0.337 e. The number of rotatable bonds is 5. The smallest absolute Gasteiger partial charge is 0.273 e. The summed E-state index contributed by atoms with van der Waals surface area (Å²) >= 11 is 1.48. The number of thiazole rings is 1. The Balaban J connectivity index is 1.45. The third-order valence-corrected chi connectivity index (χ3v) is 6.24. The number of pyridine rings is 1. The Morgan fingerprint density at radius 3 is 2.75 bits per heavy atom. The molecule has 28 heavy (non-hydrogen) atoms. The number of carbonyl (C=O) groups excluding carboxylic acids is 1. The maximum atomic E-state index is 12.9. The van der Waals surface area contributed by atoms with Crippen molar-refractivity contribution in [3.8, 4) is 16.3 Å². The number of hydrogen-bond donors (Lipinski definition) is 0. The quantitative estimate of drug-likeness (QED) is 0.663. The number of likely N-dealkylation sites (tertiary alicyclic amines) is 1. The summed E-state index contributed by atoms with van der Waals surface area (Å²) in [6, 6.07) is 4.08. The molecule has 0 radical (unpaired) electrons. The lowest BCUT2D eigenvalue weighted by molar-refractivity contribution is 0.0642.